The van der Waals surface area contributed by atoms with Crippen molar-refractivity contribution in [1.82, 2.24) is 5.32 Å². The fourth-order valence-corrected chi connectivity index (χ4v) is 2.25. The summed E-state index contributed by atoms with van der Waals surface area (Å²) in [5, 5.41) is 31.3. The number of aromatic hydroxyl groups is 2. The molecule has 0 aliphatic rings. The number of nitrogens with one attached hydrogen (secondary N) is 1. The Morgan fingerprint density at radius 3 is 2.46 bits per heavy atom. The Bertz CT molecular complexity index is 803. The van der Waals surface area contributed by atoms with E-state index in [0.717, 1.165) is 5.56 Å². The van der Waals surface area contributed by atoms with Gasteiger partial charge in [0.25, 0.3) is 0 Å². The molecule has 1 atom stereocenters. The molecule has 26 heavy (non-hydrogen) atoms. The topological polar surface area (TPSA) is 108 Å². The van der Waals surface area contributed by atoms with Crippen LogP contribution in [0.25, 0.3) is 6.08 Å². The molecule has 2 aromatic carbocycles. The summed E-state index contributed by atoms with van der Waals surface area (Å²) in [7, 11) is 3.07. The van der Waals surface area contributed by atoms with E-state index in [4.69, 9.17) is 9.47 Å². The second-order valence-electron chi connectivity index (χ2n) is 5.46. The van der Waals surface area contributed by atoms with Gasteiger partial charge in [-0.25, -0.2) is 0 Å². The van der Waals surface area contributed by atoms with E-state index < -0.39 is 6.10 Å². The first-order valence-electron chi connectivity index (χ1n) is 7.82. The zero-order valence-corrected chi connectivity index (χ0v) is 14.5. The fourth-order valence-electron chi connectivity index (χ4n) is 2.25. The third-order valence-electron chi connectivity index (χ3n) is 3.69. The number of ether oxygens (including phenoxy) is 2. The summed E-state index contributed by atoms with van der Waals surface area (Å²) in [4.78, 5) is 11.9. The molecule has 0 heterocycles. The van der Waals surface area contributed by atoms with Crippen LogP contribution in [-0.2, 0) is 4.79 Å². The van der Waals surface area contributed by atoms with E-state index in [-0.39, 0.29) is 24.0 Å². The van der Waals surface area contributed by atoms with Crippen LogP contribution in [0.4, 0.5) is 0 Å². The van der Waals surface area contributed by atoms with E-state index in [1.54, 1.807) is 31.4 Å². The lowest BCUT2D eigenvalue weighted by atomic mass is 10.1. The summed E-state index contributed by atoms with van der Waals surface area (Å²) < 4.78 is 10.3. The maximum Gasteiger partial charge on any atom is 0.244 e. The van der Waals surface area contributed by atoms with Crippen LogP contribution in [-0.4, -0.2) is 42.0 Å². The van der Waals surface area contributed by atoms with Gasteiger partial charge in [0.15, 0.2) is 23.0 Å². The highest BCUT2D eigenvalue weighted by Crippen LogP contribution is 2.28. The van der Waals surface area contributed by atoms with Crippen molar-refractivity contribution in [3.05, 3.63) is 53.6 Å². The molecular formula is C19H21NO6. The van der Waals surface area contributed by atoms with Gasteiger partial charge >= 0.3 is 0 Å². The number of aliphatic hydroxyl groups is 1. The number of phenols is 2. The fraction of sp³-hybridized carbons (Fsp3) is 0.211. The van der Waals surface area contributed by atoms with Crippen molar-refractivity contribution in [2.24, 2.45) is 0 Å². The molecule has 0 radical (unpaired) electrons. The summed E-state index contributed by atoms with van der Waals surface area (Å²) in [6, 6.07) is 9.22. The SMILES string of the molecule is COc1ccc(C=CC(=O)NCC(O)c2ccc(O)c(O)c2)cc1OC. The second kappa shape index (κ2) is 8.77. The predicted octanol–water partition coefficient (Wildman–Crippen LogP) is 1.98. The summed E-state index contributed by atoms with van der Waals surface area (Å²) in [5.74, 6) is 0.151. The summed E-state index contributed by atoms with van der Waals surface area (Å²) in [5.41, 5.74) is 1.13. The van der Waals surface area contributed by atoms with Crippen molar-refractivity contribution in [2.75, 3.05) is 20.8 Å². The van der Waals surface area contributed by atoms with E-state index in [2.05, 4.69) is 5.32 Å². The number of carbonyl (C=O) groups excluding carboxylic acids is 1. The Morgan fingerprint density at radius 2 is 1.81 bits per heavy atom. The number of carbonyl (C=O) groups is 1. The van der Waals surface area contributed by atoms with E-state index in [1.807, 2.05) is 0 Å². The molecule has 0 spiro atoms. The second-order valence-corrected chi connectivity index (χ2v) is 5.46. The molecule has 2 rings (SSSR count). The van der Waals surface area contributed by atoms with Gasteiger partial charge in [0.1, 0.15) is 0 Å². The van der Waals surface area contributed by atoms with Gasteiger partial charge in [-0.3, -0.25) is 4.79 Å². The Hall–Kier alpha value is -3.19. The Kier molecular flexibility index (Phi) is 6.46. The lowest BCUT2D eigenvalue weighted by Gasteiger charge is -2.12. The Morgan fingerprint density at radius 1 is 1.08 bits per heavy atom. The highest BCUT2D eigenvalue weighted by atomic mass is 16.5. The van der Waals surface area contributed by atoms with Gasteiger partial charge in [-0.1, -0.05) is 12.1 Å². The Balaban J connectivity index is 1.93. The number of methoxy groups -OCH3 is 2. The van der Waals surface area contributed by atoms with Crippen molar-refractivity contribution >= 4 is 12.0 Å². The monoisotopic (exact) mass is 359 g/mol. The smallest absolute Gasteiger partial charge is 0.244 e. The quantitative estimate of drug-likeness (QED) is 0.445. The summed E-state index contributed by atoms with van der Waals surface area (Å²) in [6.45, 7) is -0.0423. The molecule has 1 amide bonds. The Labute approximate surface area is 151 Å². The van der Waals surface area contributed by atoms with Gasteiger partial charge in [0, 0.05) is 12.6 Å². The molecule has 0 saturated heterocycles. The molecule has 0 fully saturated rings. The first-order chi connectivity index (χ1) is 12.4. The molecule has 1 unspecified atom stereocenters. The molecule has 7 heteroatoms. The third kappa shape index (κ3) is 4.90. The minimum absolute atomic E-state index is 0.0423. The zero-order valence-electron chi connectivity index (χ0n) is 14.5. The van der Waals surface area contributed by atoms with Crippen LogP contribution in [0.3, 0.4) is 0 Å². The van der Waals surface area contributed by atoms with E-state index in [9.17, 15) is 20.1 Å². The number of hydrogen-bond donors (Lipinski definition) is 4. The van der Waals surface area contributed by atoms with Crippen LogP contribution in [0.2, 0.25) is 0 Å². The standard InChI is InChI=1S/C19H21NO6/c1-25-17-7-3-12(9-18(17)26-2)4-8-19(24)20-11-16(23)13-5-6-14(21)15(22)10-13/h3-10,16,21-23H,11H2,1-2H3,(H,20,24). The van der Waals surface area contributed by atoms with Crippen LogP contribution in [0.5, 0.6) is 23.0 Å². The van der Waals surface area contributed by atoms with E-state index in [1.165, 1.54) is 31.4 Å². The molecular weight excluding hydrogens is 338 g/mol. The minimum Gasteiger partial charge on any atom is -0.504 e. The van der Waals surface area contributed by atoms with E-state index >= 15 is 0 Å². The van der Waals surface area contributed by atoms with Gasteiger partial charge in [0.2, 0.25) is 5.91 Å². The maximum atomic E-state index is 11.9. The summed E-state index contributed by atoms with van der Waals surface area (Å²) in [6.07, 6.45) is 1.93. The van der Waals surface area contributed by atoms with Gasteiger partial charge in [-0.15, -0.1) is 0 Å². The molecule has 0 aliphatic heterocycles. The van der Waals surface area contributed by atoms with Crippen LogP contribution in [0, 0.1) is 0 Å². The first kappa shape index (κ1) is 19.1. The number of amides is 1. The molecule has 7 nitrogen and oxygen atoms in total. The minimum atomic E-state index is -1.01. The van der Waals surface area contributed by atoms with Crippen molar-refractivity contribution < 1.29 is 29.6 Å². The molecule has 138 valence electrons. The predicted molar refractivity (Wildman–Crippen MR) is 96.3 cm³/mol. The molecule has 4 N–H and O–H groups in total. The maximum absolute atomic E-state index is 11.9. The molecule has 0 saturated carbocycles. The largest absolute Gasteiger partial charge is 0.504 e. The molecule has 0 aromatic heterocycles. The number of phenolic OH excluding ortho intramolecular Hbond substituents is 2. The van der Waals surface area contributed by atoms with Crippen molar-refractivity contribution in [3.8, 4) is 23.0 Å². The van der Waals surface area contributed by atoms with Gasteiger partial charge in [0.05, 0.1) is 20.3 Å². The third-order valence-corrected chi connectivity index (χ3v) is 3.69. The lowest BCUT2D eigenvalue weighted by Crippen LogP contribution is -2.26. The van der Waals surface area contributed by atoms with Gasteiger partial charge < -0.3 is 30.1 Å². The van der Waals surface area contributed by atoms with Crippen molar-refractivity contribution in [1.29, 1.82) is 0 Å². The first-order valence-corrected chi connectivity index (χ1v) is 7.82. The molecule has 0 aliphatic carbocycles. The van der Waals surface area contributed by atoms with E-state index in [0.29, 0.717) is 17.1 Å². The van der Waals surface area contributed by atoms with Crippen LogP contribution >= 0.6 is 0 Å². The molecule has 0 bridgehead atoms. The van der Waals surface area contributed by atoms with Crippen molar-refractivity contribution in [3.63, 3.8) is 0 Å². The number of benzene rings is 2. The highest BCUT2D eigenvalue weighted by Gasteiger charge is 2.11. The van der Waals surface area contributed by atoms with Crippen LogP contribution in [0.15, 0.2) is 42.5 Å². The van der Waals surface area contributed by atoms with Crippen molar-refractivity contribution in [2.45, 2.75) is 6.10 Å². The van der Waals surface area contributed by atoms with Gasteiger partial charge in [-0.05, 0) is 41.5 Å². The highest BCUT2D eigenvalue weighted by molar-refractivity contribution is 5.91. The lowest BCUT2D eigenvalue weighted by molar-refractivity contribution is -0.116. The van der Waals surface area contributed by atoms with Gasteiger partial charge in [-0.2, -0.15) is 0 Å². The average molecular weight is 359 g/mol. The van der Waals surface area contributed by atoms with Crippen LogP contribution < -0.4 is 14.8 Å². The normalized spacial score (nSPS) is 12.0. The number of aliphatic hydroxyl groups excluding tert-OH is 1. The summed E-state index contributed by atoms with van der Waals surface area (Å²) >= 11 is 0. The number of hydrogen-bond acceptors (Lipinski definition) is 6. The average Bonchev–Trinajstić information content (AvgIpc) is 2.66. The van der Waals surface area contributed by atoms with Crippen LogP contribution in [0.1, 0.15) is 17.2 Å². The number of rotatable bonds is 7. The zero-order chi connectivity index (χ0) is 19.1. The molecule has 2 aromatic rings.